The maximum atomic E-state index is 11.9. The second kappa shape index (κ2) is 9.21. The van der Waals surface area contributed by atoms with E-state index in [0.29, 0.717) is 23.3 Å². The molecule has 0 bridgehead atoms. The zero-order valence-corrected chi connectivity index (χ0v) is 17.3. The summed E-state index contributed by atoms with van der Waals surface area (Å²) in [5.74, 6) is 0.170. The molecule has 3 aromatic rings. The smallest absolute Gasteiger partial charge is 0.337 e. The SMILES string of the molecule is COC(=O)c1cc(NCc2nc(-c3ccc(C(C)C)cc3)no2)cc(C(=O)OC)c1. The predicted molar refractivity (Wildman–Crippen MR) is 110 cm³/mol. The summed E-state index contributed by atoms with van der Waals surface area (Å²) in [5, 5.41) is 7.09. The Hall–Kier alpha value is -3.68. The van der Waals surface area contributed by atoms with E-state index in [4.69, 9.17) is 14.0 Å². The maximum Gasteiger partial charge on any atom is 0.337 e. The third-order valence-electron chi connectivity index (χ3n) is 4.52. The summed E-state index contributed by atoms with van der Waals surface area (Å²) in [4.78, 5) is 28.2. The van der Waals surface area contributed by atoms with E-state index in [0.717, 1.165) is 5.56 Å². The Balaban J connectivity index is 1.75. The van der Waals surface area contributed by atoms with Gasteiger partial charge in [-0.2, -0.15) is 4.98 Å². The molecule has 0 spiro atoms. The molecule has 0 aliphatic carbocycles. The summed E-state index contributed by atoms with van der Waals surface area (Å²) in [6, 6.07) is 12.6. The molecule has 0 aliphatic rings. The number of ether oxygens (including phenoxy) is 2. The molecule has 3 rings (SSSR count). The Kier molecular flexibility index (Phi) is 6.46. The highest BCUT2D eigenvalue weighted by Gasteiger charge is 2.15. The van der Waals surface area contributed by atoms with Crippen molar-refractivity contribution in [2.24, 2.45) is 0 Å². The number of esters is 2. The molecule has 156 valence electrons. The van der Waals surface area contributed by atoms with Crippen molar-refractivity contribution >= 4 is 17.6 Å². The van der Waals surface area contributed by atoms with Crippen LogP contribution in [0.2, 0.25) is 0 Å². The van der Waals surface area contributed by atoms with Gasteiger partial charge in [0.2, 0.25) is 11.7 Å². The highest BCUT2D eigenvalue weighted by Crippen LogP contribution is 2.21. The molecule has 0 amide bonds. The van der Waals surface area contributed by atoms with Crippen LogP contribution in [0.3, 0.4) is 0 Å². The van der Waals surface area contributed by atoms with Gasteiger partial charge in [-0.3, -0.25) is 0 Å². The fourth-order valence-electron chi connectivity index (χ4n) is 2.84. The van der Waals surface area contributed by atoms with Gasteiger partial charge in [-0.1, -0.05) is 43.3 Å². The van der Waals surface area contributed by atoms with Crippen LogP contribution in [0.5, 0.6) is 0 Å². The molecular weight excluding hydrogens is 386 g/mol. The van der Waals surface area contributed by atoms with Crippen LogP contribution in [0, 0.1) is 0 Å². The summed E-state index contributed by atoms with van der Waals surface area (Å²) < 4.78 is 14.8. The Bertz CT molecular complexity index is 1010. The molecule has 0 radical (unpaired) electrons. The van der Waals surface area contributed by atoms with E-state index in [1.165, 1.54) is 25.8 Å². The van der Waals surface area contributed by atoms with Crippen LogP contribution < -0.4 is 5.32 Å². The molecule has 8 nitrogen and oxygen atoms in total. The van der Waals surface area contributed by atoms with E-state index in [-0.39, 0.29) is 17.7 Å². The van der Waals surface area contributed by atoms with E-state index in [1.54, 1.807) is 12.1 Å². The minimum atomic E-state index is -0.561. The van der Waals surface area contributed by atoms with Gasteiger partial charge in [0, 0.05) is 11.3 Å². The van der Waals surface area contributed by atoms with Gasteiger partial charge in [0.05, 0.1) is 31.9 Å². The van der Waals surface area contributed by atoms with Crippen molar-refractivity contribution in [3.8, 4) is 11.4 Å². The first-order chi connectivity index (χ1) is 14.4. The number of aromatic nitrogens is 2. The van der Waals surface area contributed by atoms with E-state index >= 15 is 0 Å². The van der Waals surface area contributed by atoms with Crippen LogP contribution in [0.25, 0.3) is 11.4 Å². The van der Waals surface area contributed by atoms with Crippen molar-refractivity contribution in [2.75, 3.05) is 19.5 Å². The van der Waals surface area contributed by atoms with E-state index in [9.17, 15) is 9.59 Å². The standard InChI is InChI=1S/C22H23N3O5/c1-13(2)14-5-7-15(8-6-14)20-24-19(30-25-20)12-23-18-10-16(21(26)28-3)9-17(11-18)22(27)29-4/h5-11,13,23H,12H2,1-4H3. The number of hydrogen-bond donors (Lipinski definition) is 1. The molecule has 0 unspecified atom stereocenters. The Labute approximate surface area is 174 Å². The lowest BCUT2D eigenvalue weighted by atomic mass is 10.0. The van der Waals surface area contributed by atoms with Crippen molar-refractivity contribution in [3.63, 3.8) is 0 Å². The molecule has 0 fully saturated rings. The molecule has 1 aromatic heterocycles. The lowest BCUT2D eigenvalue weighted by Gasteiger charge is -2.09. The maximum absolute atomic E-state index is 11.9. The monoisotopic (exact) mass is 409 g/mol. The first-order valence-electron chi connectivity index (χ1n) is 9.39. The van der Waals surface area contributed by atoms with Crippen molar-refractivity contribution in [1.29, 1.82) is 0 Å². The topological polar surface area (TPSA) is 104 Å². The number of methoxy groups -OCH3 is 2. The zero-order valence-electron chi connectivity index (χ0n) is 17.3. The molecule has 0 saturated carbocycles. The Morgan fingerprint density at radius 3 is 2.13 bits per heavy atom. The first-order valence-corrected chi connectivity index (χ1v) is 9.39. The van der Waals surface area contributed by atoms with Gasteiger partial charge >= 0.3 is 11.9 Å². The quantitative estimate of drug-likeness (QED) is 0.583. The van der Waals surface area contributed by atoms with Gasteiger partial charge in [-0.15, -0.1) is 0 Å². The van der Waals surface area contributed by atoms with Crippen molar-refractivity contribution in [2.45, 2.75) is 26.3 Å². The predicted octanol–water partition coefficient (Wildman–Crippen LogP) is 4.05. The van der Waals surface area contributed by atoms with Crippen molar-refractivity contribution < 1.29 is 23.6 Å². The molecule has 0 aliphatic heterocycles. The average molecular weight is 409 g/mol. The molecule has 8 heteroatoms. The molecule has 1 heterocycles. The lowest BCUT2D eigenvalue weighted by molar-refractivity contribution is 0.0599. The van der Waals surface area contributed by atoms with Crippen molar-refractivity contribution in [1.82, 2.24) is 10.1 Å². The molecule has 1 N–H and O–H groups in total. The average Bonchev–Trinajstić information content (AvgIpc) is 3.25. The minimum absolute atomic E-state index is 0.211. The number of benzene rings is 2. The Morgan fingerprint density at radius 1 is 1.00 bits per heavy atom. The first kappa shape index (κ1) is 21.0. The number of nitrogens with zero attached hydrogens (tertiary/aromatic N) is 2. The lowest BCUT2D eigenvalue weighted by Crippen LogP contribution is -2.09. The zero-order chi connectivity index (χ0) is 21.7. The number of rotatable bonds is 7. The second-order valence-electron chi connectivity index (χ2n) is 6.92. The fraction of sp³-hybridized carbons (Fsp3) is 0.273. The van der Waals surface area contributed by atoms with Gasteiger partial charge in [0.25, 0.3) is 0 Å². The highest BCUT2D eigenvalue weighted by atomic mass is 16.5. The van der Waals surface area contributed by atoms with Gasteiger partial charge < -0.3 is 19.3 Å². The van der Waals surface area contributed by atoms with Gasteiger partial charge in [-0.05, 0) is 29.7 Å². The van der Waals surface area contributed by atoms with Crippen LogP contribution in [-0.2, 0) is 16.0 Å². The second-order valence-corrected chi connectivity index (χ2v) is 6.92. The van der Waals surface area contributed by atoms with E-state index in [1.807, 2.05) is 24.3 Å². The van der Waals surface area contributed by atoms with Gasteiger partial charge in [0.1, 0.15) is 0 Å². The number of carbonyl (C=O) groups excluding carboxylic acids is 2. The van der Waals surface area contributed by atoms with Crippen molar-refractivity contribution in [3.05, 3.63) is 65.0 Å². The van der Waals surface area contributed by atoms with E-state index < -0.39 is 11.9 Å². The largest absolute Gasteiger partial charge is 0.465 e. The molecule has 30 heavy (non-hydrogen) atoms. The summed E-state index contributed by atoms with van der Waals surface area (Å²) in [6.07, 6.45) is 0. The molecular formula is C22H23N3O5. The summed E-state index contributed by atoms with van der Waals surface area (Å²) >= 11 is 0. The highest BCUT2D eigenvalue weighted by molar-refractivity contribution is 5.96. The summed E-state index contributed by atoms with van der Waals surface area (Å²) in [7, 11) is 2.54. The third-order valence-corrected chi connectivity index (χ3v) is 4.52. The number of anilines is 1. The number of carbonyl (C=O) groups is 2. The molecule has 2 aromatic carbocycles. The van der Waals surface area contributed by atoms with Crippen LogP contribution in [0.15, 0.2) is 47.0 Å². The molecule has 0 saturated heterocycles. The summed E-state index contributed by atoms with van der Waals surface area (Å²) in [5.41, 5.74) is 3.05. The minimum Gasteiger partial charge on any atom is -0.465 e. The van der Waals surface area contributed by atoms with Crippen LogP contribution in [0.4, 0.5) is 5.69 Å². The number of nitrogens with one attached hydrogen (secondary N) is 1. The van der Waals surface area contributed by atoms with Crippen LogP contribution in [0.1, 0.15) is 51.9 Å². The van der Waals surface area contributed by atoms with Crippen LogP contribution >= 0.6 is 0 Å². The van der Waals surface area contributed by atoms with Gasteiger partial charge in [-0.25, -0.2) is 9.59 Å². The third kappa shape index (κ3) is 4.83. The van der Waals surface area contributed by atoms with E-state index in [2.05, 4.69) is 29.3 Å². The van der Waals surface area contributed by atoms with Gasteiger partial charge in [0.15, 0.2) is 0 Å². The Morgan fingerprint density at radius 2 is 1.60 bits per heavy atom. The normalized spacial score (nSPS) is 10.7. The number of hydrogen-bond acceptors (Lipinski definition) is 8. The summed E-state index contributed by atoms with van der Waals surface area (Å²) in [6.45, 7) is 4.48. The fourth-order valence-corrected chi connectivity index (χ4v) is 2.84. The van der Waals surface area contributed by atoms with Crippen LogP contribution in [-0.4, -0.2) is 36.3 Å². The molecule has 0 atom stereocenters.